The van der Waals surface area contributed by atoms with Crippen molar-refractivity contribution < 1.29 is 4.92 Å². The first-order chi connectivity index (χ1) is 9.08. The lowest BCUT2D eigenvalue weighted by atomic mass is 10.1. The smallest absolute Gasteiger partial charge is 0.258 e. The molecule has 1 atom stereocenters. The van der Waals surface area contributed by atoms with Crippen molar-refractivity contribution in [3.63, 3.8) is 0 Å². The largest absolute Gasteiger partial charge is 0.269 e. The van der Waals surface area contributed by atoms with Crippen LogP contribution >= 0.6 is 23.4 Å². The Kier molecular flexibility index (Phi) is 4.39. The molecule has 0 amide bonds. The van der Waals surface area contributed by atoms with Crippen molar-refractivity contribution >= 4 is 29.1 Å². The van der Waals surface area contributed by atoms with Gasteiger partial charge in [0.1, 0.15) is 5.03 Å². The van der Waals surface area contributed by atoms with Gasteiger partial charge < -0.3 is 0 Å². The average Bonchev–Trinajstić information content (AvgIpc) is 2.41. The van der Waals surface area contributed by atoms with Gasteiger partial charge in [-0.1, -0.05) is 35.5 Å². The molecule has 0 fully saturated rings. The van der Waals surface area contributed by atoms with Crippen molar-refractivity contribution in [2.45, 2.75) is 17.2 Å². The van der Waals surface area contributed by atoms with E-state index in [4.69, 9.17) is 11.6 Å². The molecule has 2 rings (SSSR count). The molecule has 0 radical (unpaired) electrons. The summed E-state index contributed by atoms with van der Waals surface area (Å²) < 4.78 is 0. The number of nitro benzene ring substituents is 1. The molecule has 0 aliphatic carbocycles. The zero-order chi connectivity index (χ0) is 13.8. The highest BCUT2D eigenvalue weighted by Gasteiger charge is 2.14. The van der Waals surface area contributed by atoms with Gasteiger partial charge in [0.25, 0.3) is 5.69 Å². The molecule has 2 aromatic rings. The summed E-state index contributed by atoms with van der Waals surface area (Å²) in [6.07, 6.45) is 1.67. The number of thioether (sulfide) groups is 1. The highest BCUT2D eigenvalue weighted by molar-refractivity contribution is 7.99. The van der Waals surface area contributed by atoms with Gasteiger partial charge >= 0.3 is 0 Å². The van der Waals surface area contributed by atoms with Crippen molar-refractivity contribution in [1.29, 1.82) is 0 Å². The molecule has 1 aromatic carbocycles. The Morgan fingerprint density at radius 3 is 2.84 bits per heavy atom. The van der Waals surface area contributed by atoms with Crippen LogP contribution in [0.25, 0.3) is 0 Å². The number of nitrogens with zero attached hydrogens (tertiary/aromatic N) is 2. The van der Waals surface area contributed by atoms with Crippen molar-refractivity contribution in [1.82, 2.24) is 4.98 Å². The average molecular weight is 295 g/mol. The maximum Gasteiger partial charge on any atom is 0.269 e. The van der Waals surface area contributed by atoms with Crippen LogP contribution < -0.4 is 0 Å². The van der Waals surface area contributed by atoms with E-state index in [-0.39, 0.29) is 10.9 Å². The number of pyridine rings is 1. The van der Waals surface area contributed by atoms with Gasteiger partial charge in [-0.2, -0.15) is 0 Å². The molecule has 0 spiro atoms. The lowest BCUT2D eigenvalue weighted by molar-refractivity contribution is -0.384. The Morgan fingerprint density at radius 1 is 1.37 bits per heavy atom. The number of benzene rings is 1. The van der Waals surface area contributed by atoms with Gasteiger partial charge in [0, 0.05) is 23.6 Å². The van der Waals surface area contributed by atoms with Gasteiger partial charge in [-0.05, 0) is 24.6 Å². The normalized spacial score (nSPS) is 12.1. The molecule has 0 bridgehead atoms. The predicted octanol–water partition coefficient (Wildman–Crippen LogP) is 4.50. The minimum Gasteiger partial charge on any atom is -0.258 e. The van der Waals surface area contributed by atoms with Crippen molar-refractivity contribution in [2.24, 2.45) is 0 Å². The second kappa shape index (κ2) is 6.04. The molecule has 0 saturated carbocycles. The summed E-state index contributed by atoms with van der Waals surface area (Å²) in [7, 11) is 0. The molecule has 1 unspecified atom stereocenters. The highest BCUT2D eigenvalue weighted by atomic mass is 35.5. The molecular formula is C13H11ClN2O2S. The second-order valence-corrected chi connectivity index (χ2v) is 5.64. The standard InChI is InChI=1S/C13H11ClN2O2S/c1-9(19-13-12(14)6-3-7-15-13)10-4-2-5-11(8-10)16(17)18/h2-9H,1H3. The van der Waals surface area contributed by atoms with E-state index in [2.05, 4.69) is 4.98 Å². The number of nitro groups is 1. The minimum absolute atomic E-state index is 0.0345. The van der Waals surface area contributed by atoms with Gasteiger partial charge in [-0.15, -0.1) is 0 Å². The van der Waals surface area contributed by atoms with E-state index in [1.165, 1.54) is 17.8 Å². The molecule has 1 heterocycles. The molecule has 0 saturated heterocycles. The quantitative estimate of drug-likeness (QED) is 0.473. The van der Waals surface area contributed by atoms with Crippen molar-refractivity contribution in [3.05, 3.63) is 63.3 Å². The molecule has 0 N–H and O–H groups in total. The van der Waals surface area contributed by atoms with E-state index in [1.54, 1.807) is 30.5 Å². The third-order valence-electron chi connectivity index (χ3n) is 2.56. The lowest BCUT2D eigenvalue weighted by Crippen LogP contribution is -1.93. The molecular weight excluding hydrogens is 284 g/mol. The van der Waals surface area contributed by atoms with Gasteiger partial charge in [-0.3, -0.25) is 10.1 Å². The van der Waals surface area contributed by atoms with Crippen LogP contribution in [0.5, 0.6) is 0 Å². The van der Waals surface area contributed by atoms with Crippen LogP contribution in [0.2, 0.25) is 5.02 Å². The second-order valence-electron chi connectivity index (χ2n) is 3.90. The summed E-state index contributed by atoms with van der Waals surface area (Å²) in [6.45, 7) is 1.97. The first kappa shape index (κ1) is 13.8. The molecule has 19 heavy (non-hydrogen) atoms. The predicted molar refractivity (Wildman–Crippen MR) is 76.6 cm³/mol. The van der Waals surface area contributed by atoms with E-state index in [0.717, 1.165) is 10.6 Å². The maximum absolute atomic E-state index is 10.8. The van der Waals surface area contributed by atoms with Crippen LogP contribution in [0.3, 0.4) is 0 Å². The molecule has 1 aromatic heterocycles. The summed E-state index contributed by atoms with van der Waals surface area (Å²) in [5, 5.41) is 12.1. The first-order valence-electron chi connectivity index (χ1n) is 5.59. The van der Waals surface area contributed by atoms with Crippen LogP contribution in [0.15, 0.2) is 47.6 Å². The zero-order valence-electron chi connectivity index (χ0n) is 10.1. The highest BCUT2D eigenvalue weighted by Crippen LogP contribution is 2.37. The molecule has 6 heteroatoms. The van der Waals surface area contributed by atoms with Crippen molar-refractivity contribution in [2.75, 3.05) is 0 Å². The van der Waals surface area contributed by atoms with Crippen molar-refractivity contribution in [3.8, 4) is 0 Å². The Morgan fingerprint density at radius 2 is 2.16 bits per heavy atom. The summed E-state index contributed by atoms with van der Waals surface area (Å²) >= 11 is 7.52. The Labute approximate surface area is 120 Å². The Bertz CT molecular complexity index is 607. The fourth-order valence-electron chi connectivity index (χ4n) is 1.58. The number of hydrogen-bond acceptors (Lipinski definition) is 4. The van der Waals surface area contributed by atoms with Crippen LogP contribution in [0.4, 0.5) is 5.69 Å². The number of non-ortho nitro benzene ring substituents is 1. The van der Waals surface area contributed by atoms with Gasteiger partial charge in [-0.25, -0.2) is 4.98 Å². The van der Waals surface area contributed by atoms with E-state index in [9.17, 15) is 10.1 Å². The third-order valence-corrected chi connectivity index (χ3v) is 4.15. The van der Waals surface area contributed by atoms with Crippen LogP contribution in [-0.4, -0.2) is 9.91 Å². The van der Waals surface area contributed by atoms with E-state index in [1.807, 2.05) is 13.0 Å². The molecule has 4 nitrogen and oxygen atoms in total. The minimum atomic E-state index is -0.394. The Balaban J connectivity index is 2.20. The first-order valence-corrected chi connectivity index (χ1v) is 6.85. The zero-order valence-corrected chi connectivity index (χ0v) is 11.7. The number of aromatic nitrogens is 1. The fourth-order valence-corrected chi connectivity index (χ4v) is 2.76. The summed E-state index contributed by atoms with van der Waals surface area (Å²) in [5.41, 5.74) is 0.970. The summed E-state index contributed by atoms with van der Waals surface area (Å²) in [6, 6.07) is 10.1. The number of rotatable bonds is 4. The van der Waals surface area contributed by atoms with Gasteiger partial charge in [0.15, 0.2) is 0 Å². The fraction of sp³-hybridized carbons (Fsp3) is 0.154. The lowest BCUT2D eigenvalue weighted by Gasteiger charge is -2.11. The molecule has 98 valence electrons. The van der Waals surface area contributed by atoms with Crippen LogP contribution in [-0.2, 0) is 0 Å². The van der Waals surface area contributed by atoms with Gasteiger partial charge in [0.05, 0.1) is 9.95 Å². The molecule has 0 aliphatic heterocycles. The summed E-state index contributed by atoms with van der Waals surface area (Å²) in [5.74, 6) is 0. The maximum atomic E-state index is 10.8. The van der Waals surface area contributed by atoms with Gasteiger partial charge in [0.2, 0.25) is 0 Å². The van der Waals surface area contributed by atoms with E-state index in [0.29, 0.717) is 5.02 Å². The monoisotopic (exact) mass is 294 g/mol. The SMILES string of the molecule is CC(Sc1ncccc1Cl)c1cccc([N+](=O)[O-])c1. The van der Waals surface area contributed by atoms with Crippen LogP contribution in [0, 0.1) is 10.1 Å². The Hall–Kier alpha value is -1.59. The van der Waals surface area contributed by atoms with E-state index >= 15 is 0 Å². The van der Waals surface area contributed by atoms with E-state index < -0.39 is 4.92 Å². The summed E-state index contributed by atoms with van der Waals surface area (Å²) in [4.78, 5) is 14.6. The topological polar surface area (TPSA) is 56.0 Å². The third kappa shape index (κ3) is 3.45. The number of hydrogen-bond donors (Lipinski definition) is 0. The van der Waals surface area contributed by atoms with Crippen LogP contribution in [0.1, 0.15) is 17.7 Å². The molecule has 0 aliphatic rings. The number of halogens is 1.